The number of hydrogen-bond acceptors (Lipinski definition) is 14. The number of rotatable bonds is 7. The molecule has 0 radical (unpaired) electrons. The molecule has 612 valence electrons. The summed E-state index contributed by atoms with van der Waals surface area (Å²) in [6.07, 6.45) is 4.20. The summed E-state index contributed by atoms with van der Waals surface area (Å²) in [4.78, 5) is 46.4. The second-order valence-corrected chi connectivity index (χ2v) is 31.2. The van der Waals surface area contributed by atoms with Crippen LogP contribution in [0.3, 0.4) is 0 Å². The zero-order valence-corrected chi connectivity index (χ0v) is 71.8. The minimum absolute atomic E-state index is 0. The Labute approximate surface area is 700 Å². The fraction of sp³-hybridized carbons (Fsp3) is 0.280. The molecule has 0 spiro atoms. The van der Waals surface area contributed by atoms with Crippen LogP contribution in [0.5, 0.6) is 11.5 Å². The number of ether oxygens (including phenoxy) is 2. The van der Waals surface area contributed by atoms with Crippen LogP contribution in [-0.4, -0.2) is 23.5 Å². The first-order valence-electron chi connectivity index (χ1n) is 38.6. The van der Waals surface area contributed by atoms with Crippen molar-refractivity contribution in [2.75, 3.05) is 45.9 Å². The number of carbonyl (C=O) groups excluding carboxylic acids is 4. The lowest BCUT2D eigenvalue weighted by Gasteiger charge is -2.30. The van der Waals surface area contributed by atoms with Crippen molar-refractivity contribution in [3.8, 4) is 11.5 Å². The number of benzene rings is 11. The van der Waals surface area contributed by atoms with Gasteiger partial charge >= 0.3 is 11.9 Å². The Hall–Kier alpha value is -11.6. The van der Waals surface area contributed by atoms with Crippen molar-refractivity contribution in [3.63, 3.8) is 0 Å². The van der Waals surface area contributed by atoms with Gasteiger partial charge in [0.25, 0.3) is 0 Å². The third-order valence-electron chi connectivity index (χ3n) is 21.4. The van der Waals surface area contributed by atoms with Gasteiger partial charge in [-0.2, -0.15) is 0 Å². The number of halogens is 2. The van der Waals surface area contributed by atoms with Crippen LogP contribution in [-0.2, 0) is 36.8 Å². The maximum atomic E-state index is 11.8. The normalized spacial score (nSPS) is 14.6. The molecule has 2 fully saturated rings. The fourth-order valence-electron chi connectivity index (χ4n) is 13.0. The number of esters is 2. The summed E-state index contributed by atoms with van der Waals surface area (Å²) in [6, 6.07) is 65.6. The van der Waals surface area contributed by atoms with E-state index in [4.69, 9.17) is 73.8 Å². The number of nitrogen functional groups attached to an aromatic ring is 8. The lowest BCUT2D eigenvalue weighted by Crippen LogP contribution is -2.31. The van der Waals surface area contributed by atoms with Crippen LogP contribution in [0.1, 0.15) is 150 Å². The average molecular weight is 1600 g/mol. The minimum Gasteiger partial charge on any atom is -0.457 e. The number of ketones is 2. The standard InChI is InChI=1S/C14H13Cl2N.C14H15N.C14H14O5.C13H13NO.C11H17N.C10H15N.2C8H11N.C7H9N.CH4/c1-9-2-3-10(7-12(9)15)6-11-4-5-14(17)13(16)8-11;1-11-2-4-12(5-3-11)10-13-6-8-14(15)9-7-13;1-6-2-7(8-4-12(17)19-14(8)18)3-9-10(15)5-11(16)13(6)9;1-10-2-6-12(7-3-10)15-13-8-4-11(14)5-9-13;1-6-7(2)9(4)11(12)10(5)8(6)3;1-6-5-7(2)10(11)9(4)8(6)3;2*1-6-3-4-8(9)5-7(6)2;1-6-2-4-7(8)5-3-6;/h2-5,7-8H,6,17H2,1H3;2-9H,10,15H2,1H3;2,7-9,13H,3-5H2,1H3;2-9H,14H2,1H3;12H2,1-5H3;5H,11H2,1-4H3;2*3-5H,9H2,1-2H3;2-5H,8H2,1H3;1H4. The van der Waals surface area contributed by atoms with Gasteiger partial charge in [0.1, 0.15) is 23.1 Å². The Morgan fingerprint density at radius 2 is 0.733 bits per heavy atom. The molecule has 1 saturated heterocycles. The van der Waals surface area contributed by atoms with Crippen LogP contribution >= 0.6 is 23.2 Å². The summed E-state index contributed by atoms with van der Waals surface area (Å²) in [5, 5.41) is 1.39. The van der Waals surface area contributed by atoms with E-state index in [9.17, 15) is 19.2 Å². The van der Waals surface area contributed by atoms with Crippen LogP contribution < -0.4 is 50.6 Å². The summed E-state index contributed by atoms with van der Waals surface area (Å²) < 4.78 is 10.2. The molecule has 0 aromatic heterocycles. The fourth-order valence-corrected chi connectivity index (χ4v) is 13.4. The highest BCUT2D eigenvalue weighted by Crippen LogP contribution is 2.44. The number of hydrogen-bond donors (Lipinski definition) is 8. The molecule has 4 unspecified atom stereocenters. The number of aryl methyl sites for hydroxylation is 10. The number of fused-ring (bicyclic) bond motifs is 1. The molecule has 0 bridgehead atoms. The van der Waals surface area contributed by atoms with Crippen molar-refractivity contribution >= 4 is 92.2 Å². The van der Waals surface area contributed by atoms with Gasteiger partial charge < -0.3 is 55.3 Å². The predicted molar refractivity (Wildman–Crippen MR) is 492 cm³/mol. The van der Waals surface area contributed by atoms with E-state index in [0.717, 1.165) is 85.9 Å². The molecule has 16 N–H and O–H groups in total. The number of Topliss-reactive ketones (excluding diaryl/α,β-unsaturated/α-hetero) is 2. The van der Waals surface area contributed by atoms with Gasteiger partial charge in [0, 0.05) is 56.7 Å². The summed E-state index contributed by atoms with van der Waals surface area (Å²) in [7, 11) is 0. The van der Waals surface area contributed by atoms with E-state index in [1.54, 1.807) is 0 Å². The van der Waals surface area contributed by atoms with Crippen molar-refractivity contribution in [1.29, 1.82) is 0 Å². The molecule has 14 nitrogen and oxygen atoms in total. The van der Waals surface area contributed by atoms with E-state index >= 15 is 0 Å². The quantitative estimate of drug-likeness (QED) is 0.0319. The second kappa shape index (κ2) is 44.9. The summed E-state index contributed by atoms with van der Waals surface area (Å²) in [6.45, 7) is 37.2. The van der Waals surface area contributed by atoms with Crippen LogP contribution in [0.4, 0.5) is 45.5 Å². The number of anilines is 8. The van der Waals surface area contributed by atoms with E-state index in [1.807, 2.05) is 185 Å². The third kappa shape index (κ3) is 29.1. The van der Waals surface area contributed by atoms with Gasteiger partial charge in [0.05, 0.1) is 29.5 Å². The van der Waals surface area contributed by atoms with E-state index in [1.165, 1.54) is 106 Å². The Morgan fingerprint density at radius 3 is 1.17 bits per heavy atom. The van der Waals surface area contributed by atoms with Crippen LogP contribution in [0, 0.1) is 141 Å². The highest BCUT2D eigenvalue weighted by Gasteiger charge is 2.49. The smallest absolute Gasteiger partial charge is 0.317 e. The van der Waals surface area contributed by atoms with Gasteiger partial charge in [0.2, 0.25) is 0 Å². The zero-order valence-electron chi connectivity index (χ0n) is 70.3. The van der Waals surface area contributed by atoms with Crippen molar-refractivity contribution < 1.29 is 28.7 Å². The van der Waals surface area contributed by atoms with Crippen molar-refractivity contribution in [3.05, 3.63) is 339 Å². The van der Waals surface area contributed by atoms with Gasteiger partial charge in [-0.25, -0.2) is 0 Å². The monoisotopic (exact) mass is 1600 g/mol. The largest absolute Gasteiger partial charge is 0.457 e. The second-order valence-electron chi connectivity index (χ2n) is 30.4. The molecular weight excluding hydrogens is 1480 g/mol. The first-order valence-corrected chi connectivity index (χ1v) is 39.4. The number of cyclic esters (lactones) is 2. The van der Waals surface area contributed by atoms with Gasteiger partial charge in [-0.1, -0.05) is 156 Å². The summed E-state index contributed by atoms with van der Waals surface area (Å²) >= 11 is 12.1. The summed E-state index contributed by atoms with van der Waals surface area (Å²) in [5.41, 5.74) is 79.1. The zero-order chi connectivity index (χ0) is 85.2. The van der Waals surface area contributed by atoms with E-state index < -0.39 is 17.9 Å². The Bertz CT molecular complexity index is 4750. The molecular formula is C100H122Cl2N8O6. The topological polar surface area (TPSA) is 295 Å². The molecule has 0 amide bonds. The lowest BCUT2D eigenvalue weighted by molar-refractivity contribution is -0.153. The molecule has 4 atom stereocenters. The van der Waals surface area contributed by atoms with Crippen molar-refractivity contribution in [2.24, 2.45) is 23.7 Å². The molecule has 3 aliphatic rings. The average Bonchev–Trinajstić information content (AvgIpc) is 1.60. The van der Waals surface area contributed by atoms with E-state index in [2.05, 4.69) is 150 Å². The molecule has 1 heterocycles. The van der Waals surface area contributed by atoms with E-state index in [-0.39, 0.29) is 49.6 Å². The Kier molecular flexibility index (Phi) is 36.8. The molecule has 1 saturated carbocycles. The highest BCUT2D eigenvalue weighted by molar-refractivity contribution is 6.33. The first-order chi connectivity index (χ1) is 54.2. The first kappa shape index (κ1) is 95.0. The van der Waals surface area contributed by atoms with Crippen LogP contribution in [0.15, 0.2) is 212 Å². The van der Waals surface area contributed by atoms with Gasteiger partial charge in [-0.3, -0.25) is 19.2 Å². The Balaban J connectivity index is 0.000000236. The van der Waals surface area contributed by atoms with Crippen molar-refractivity contribution in [2.45, 2.75) is 164 Å². The SMILES string of the molecule is C.CC1=CC(C2CC(=O)OC2=O)CC2C(=O)CC(=O)C12.Cc1c(C)c(C)c(N)c(C)c1C.Cc1cc(C)c(N)c(C)c1C.Cc1ccc(Cc2ccc(N)c(Cl)c2)cc1Cl.Cc1ccc(Cc2ccc(N)cc2)cc1.Cc1ccc(N)cc1.Cc1ccc(N)cc1C.Cc1ccc(N)cc1C.Cc1ccc(Oc2ccc(N)cc2)cc1. The molecule has 1 aliphatic heterocycles. The lowest BCUT2D eigenvalue weighted by atomic mass is 9.71. The molecule has 11 aromatic rings. The van der Waals surface area contributed by atoms with Gasteiger partial charge in [0.15, 0.2) is 0 Å². The van der Waals surface area contributed by atoms with Gasteiger partial charge in [-0.15, -0.1) is 0 Å². The van der Waals surface area contributed by atoms with Crippen LogP contribution in [0.25, 0.3) is 0 Å². The number of carbonyl (C=O) groups is 4. The maximum Gasteiger partial charge on any atom is 0.317 e. The molecule has 16 heteroatoms. The minimum atomic E-state index is -0.505. The maximum absolute atomic E-state index is 11.8. The number of allylic oxidation sites excluding steroid dienone is 2. The molecule has 116 heavy (non-hydrogen) atoms. The molecule has 11 aromatic carbocycles. The molecule has 14 rings (SSSR count). The number of nitrogens with two attached hydrogens (primary N) is 8. The summed E-state index contributed by atoms with van der Waals surface area (Å²) in [5.74, 6) is -0.716. The van der Waals surface area contributed by atoms with E-state index in [0.29, 0.717) is 17.1 Å². The van der Waals surface area contributed by atoms with Gasteiger partial charge in [-0.05, 0) is 353 Å². The highest BCUT2D eigenvalue weighted by atomic mass is 35.5. The predicted octanol–water partition coefficient (Wildman–Crippen LogP) is 23.1. The third-order valence-corrected chi connectivity index (χ3v) is 22.1. The Morgan fingerprint density at radius 1 is 0.353 bits per heavy atom. The molecule has 2 aliphatic carbocycles. The van der Waals surface area contributed by atoms with Crippen molar-refractivity contribution in [1.82, 2.24) is 0 Å². The van der Waals surface area contributed by atoms with Crippen LogP contribution in [0.2, 0.25) is 10.0 Å².